The molecule has 0 saturated heterocycles. The smallest absolute Gasteiger partial charge is 0.261 e. The van der Waals surface area contributed by atoms with E-state index in [4.69, 9.17) is 16.3 Å². The molecule has 0 bridgehead atoms. The Hall–Kier alpha value is -2.87. The summed E-state index contributed by atoms with van der Waals surface area (Å²) in [5, 5.41) is 2.98. The molecule has 3 aromatic rings. The molecule has 0 radical (unpaired) electrons. The molecule has 0 aliphatic carbocycles. The Kier molecular flexibility index (Phi) is 6.77. The second kappa shape index (κ2) is 9.30. The molecule has 30 heavy (non-hydrogen) atoms. The van der Waals surface area contributed by atoms with Crippen LogP contribution in [0.15, 0.2) is 71.6 Å². The van der Waals surface area contributed by atoms with Gasteiger partial charge in [-0.25, -0.2) is 8.42 Å². The molecule has 0 aliphatic rings. The number of hydrogen-bond acceptors (Lipinski definition) is 4. The number of methoxy groups -OCH3 is 1. The Bertz CT molecular complexity index is 1160. The van der Waals surface area contributed by atoms with Crippen molar-refractivity contribution in [3.05, 3.63) is 88.4 Å². The zero-order chi connectivity index (χ0) is 21.7. The van der Waals surface area contributed by atoms with Gasteiger partial charge in [-0.1, -0.05) is 41.4 Å². The van der Waals surface area contributed by atoms with Gasteiger partial charge >= 0.3 is 0 Å². The minimum Gasteiger partial charge on any atom is -0.380 e. The lowest BCUT2D eigenvalue weighted by Gasteiger charge is -2.12. The van der Waals surface area contributed by atoms with E-state index in [1.807, 2.05) is 13.0 Å². The third-order valence-corrected chi connectivity index (χ3v) is 6.02. The van der Waals surface area contributed by atoms with Gasteiger partial charge < -0.3 is 10.1 Å². The van der Waals surface area contributed by atoms with E-state index in [1.54, 1.807) is 37.4 Å². The van der Waals surface area contributed by atoms with Crippen LogP contribution in [0.1, 0.15) is 21.5 Å². The summed E-state index contributed by atoms with van der Waals surface area (Å²) < 4.78 is 32.8. The molecule has 0 aromatic heterocycles. The van der Waals surface area contributed by atoms with Gasteiger partial charge in [-0.15, -0.1) is 0 Å². The zero-order valence-electron chi connectivity index (χ0n) is 16.5. The number of nitrogens with one attached hydrogen (secondary N) is 2. The Morgan fingerprint density at radius 2 is 1.73 bits per heavy atom. The van der Waals surface area contributed by atoms with Crippen molar-refractivity contribution in [2.75, 3.05) is 17.1 Å². The quantitative estimate of drug-likeness (QED) is 0.545. The molecule has 0 atom stereocenters. The molecule has 1 amide bonds. The summed E-state index contributed by atoms with van der Waals surface area (Å²) in [7, 11) is -2.20. The van der Waals surface area contributed by atoms with Crippen LogP contribution in [0, 0.1) is 6.92 Å². The van der Waals surface area contributed by atoms with Crippen LogP contribution in [-0.2, 0) is 21.4 Å². The summed E-state index contributed by atoms with van der Waals surface area (Å²) in [6.07, 6.45) is 0. The highest BCUT2D eigenvalue weighted by molar-refractivity contribution is 7.92. The second-order valence-electron chi connectivity index (χ2n) is 6.70. The van der Waals surface area contributed by atoms with Gasteiger partial charge in [0.1, 0.15) is 0 Å². The Balaban J connectivity index is 1.81. The first-order valence-electron chi connectivity index (χ1n) is 9.07. The summed E-state index contributed by atoms with van der Waals surface area (Å²) in [5.41, 5.74) is 2.82. The third kappa shape index (κ3) is 5.38. The maximum atomic E-state index is 12.7. The number of sulfonamides is 1. The van der Waals surface area contributed by atoms with Crippen molar-refractivity contribution in [3.8, 4) is 0 Å². The van der Waals surface area contributed by atoms with E-state index >= 15 is 0 Å². The summed E-state index contributed by atoms with van der Waals surface area (Å²) in [5.74, 6) is -0.453. The average Bonchev–Trinajstić information content (AvgIpc) is 2.70. The van der Waals surface area contributed by atoms with Crippen molar-refractivity contribution in [2.45, 2.75) is 18.4 Å². The molecular formula is C22H21ClN2O4S. The van der Waals surface area contributed by atoms with Crippen molar-refractivity contribution < 1.29 is 17.9 Å². The lowest BCUT2D eigenvalue weighted by atomic mass is 10.1. The van der Waals surface area contributed by atoms with Crippen LogP contribution in [0.5, 0.6) is 0 Å². The normalized spacial score (nSPS) is 11.2. The van der Waals surface area contributed by atoms with Gasteiger partial charge in [-0.2, -0.15) is 0 Å². The standard InChI is InChI=1S/C22H21ClN2O4S/c1-15-6-9-19(10-7-15)30(27,28)25-18-8-11-21(23)20(13-18)22(26)24-17-5-3-4-16(12-17)14-29-2/h3-13,25H,14H2,1-2H3,(H,24,26). The monoisotopic (exact) mass is 444 g/mol. The van der Waals surface area contributed by atoms with Gasteiger partial charge in [0.15, 0.2) is 0 Å². The van der Waals surface area contributed by atoms with E-state index in [2.05, 4.69) is 10.0 Å². The Labute approximate surface area is 180 Å². The minimum absolute atomic E-state index is 0.129. The van der Waals surface area contributed by atoms with Gasteiger partial charge in [-0.05, 0) is 55.0 Å². The number of anilines is 2. The molecule has 0 heterocycles. The fourth-order valence-corrected chi connectivity index (χ4v) is 4.05. The molecule has 0 spiro atoms. The van der Waals surface area contributed by atoms with Crippen LogP contribution >= 0.6 is 11.6 Å². The zero-order valence-corrected chi connectivity index (χ0v) is 18.0. The van der Waals surface area contributed by atoms with E-state index in [1.165, 1.54) is 30.3 Å². The molecule has 0 fully saturated rings. The van der Waals surface area contributed by atoms with Crippen molar-refractivity contribution in [1.29, 1.82) is 0 Å². The molecule has 3 rings (SSSR count). The van der Waals surface area contributed by atoms with E-state index < -0.39 is 15.9 Å². The SMILES string of the molecule is COCc1cccc(NC(=O)c2cc(NS(=O)(=O)c3ccc(C)cc3)ccc2Cl)c1. The second-order valence-corrected chi connectivity index (χ2v) is 8.79. The fraction of sp³-hybridized carbons (Fsp3) is 0.136. The lowest BCUT2D eigenvalue weighted by Crippen LogP contribution is -2.15. The Morgan fingerprint density at radius 3 is 2.43 bits per heavy atom. The molecule has 0 aliphatic heterocycles. The molecule has 0 saturated carbocycles. The van der Waals surface area contributed by atoms with Crippen LogP contribution in [-0.4, -0.2) is 21.4 Å². The topological polar surface area (TPSA) is 84.5 Å². The highest BCUT2D eigenvalue weighted by Gasteiger charge is 2.17. The predicted molar refractivity (Wildman–Crippen MR) is 119 cm³/mol. The molecule has 8 heteroatoms. The maximum absolute atomic E-state index is 12.7. The first-order chi connectivity index (χ1) is 14.3. The fourth-order valence-electron chi connectivity index (χ4n) is 2.80. The predicted octanol–water partition coefficient (Wildman–Crippen LogP) is 4.85. The number of halogens is 1. The summed E-state index contributed by atoms with van der Waals surface area (Å²) in [6.45, 7) is 2.29. The maximum Gasteiger partial charge on any atom is 0.261 e. The average molecular weight is 445 g/mol. The summed E-state index contributed by atoms with van der Waals surface area (Å²) >= 11 is 6.19. The van der Waals surface area contributed by atoms with Crippen LogP contribution in [0.2, 0.25) is 5.02 Å². The molecule has 3 aromatic carbocycles. The number of aryl methyl sites for hydroxylation is 1. The van der Waals surface area contributed by atoms with Crippen LogP contribution in [0.25, 0.3) is 0 Å². The van der Waals surface area contributed by atoms with Crippen molar-refractivity contribution in [3.63, 3.8) is 0 Å². The van der Waals surface area contributed by atoms with Crippen LogP contribution < -0.4 is 10.0 Å². The highest BCUT2D eigenvalue weighted by Crippen LogP contribution is 2.24. The van der Waals surface area contributed by atoms with Crippen molar-refractivity contribution in [1.82, 2.24) is 0 Å². The number of ether oxygens (including phenoxy) is 1. The van der Waals surface area contributed by atoms with Crippen molar-refractivity contribution >= 4 is 38.9 Å². The number of rotatable bonds is 7. The highest BCUT2D eigenvalue weighted by atomic mass is 35.5. The summed E-state index contributed by atoms with van der Waals surface area (Å²) in [4.78, 5) is 12.9. The number of hydrogen-bond donors (Lipinski definition) is 2. The van der Waals surface area contributed by atoms with Gasteiger partial charge in [0.2, 0.25) is 0 Å². The van der Waals surface area contributed by atoms with E-state index in [9.17, 15) is 13.2 Å². The van der Waals surface area contributed by atoms with Crippen LogP contribution in [0.3, 0.4) is 0 Å². The lowest BCUT2D eigenvalue weighted by molar-refractivity contribution is 0.102. The molecule has 6 nitrogen and oxygen atoms in total. The Morgan fingerprint density at radius 1 is 1.00 bits per heavy atom. The summed E-state index contributed by atoms with van der Waals surface area (Å²) in [6, 6.07) is 18.1. The molecule has 2 N–H and O–H groups in total. The van der Waals surface area contributed by atoms with Gasteiger partial charge in [-0.3, -0.25) is 9.52 Å². The molecule has 156 valence electrons. The van der Waals surface area contributed by atoms with Gasteiger partial charge in [0, 0.05) is 18.5 Å². The first-order valence-corrected chi connectivity index (χ1v) is 10.9. The van der Waals surface area contributed by atoms with Crippen molar-refractivity contribution in [2.24, 2.45) is 0 Å². The van der Waals surface area contributed by atoms with Gasteiger partial charge in [0.25, 0.3) is 15.9 Å². The number of carbonyl (C=O) groups excluding carboxylic acids is 1. The molecular weight excluding hydrogens is 424 g/mol. The third-order valence-electron chi connectivity index (χ3n) is 4.29. The number of benzene rings is 3. The van der Waals surface area contributed by atoms with E-state index in [0.717, 1.165) is 11.1 Å². The largest absolute Gasteiger partial charge is 0.380 e. The number of amides is 1. The van der Waals surface area contributed by atoms with Crippen LogP contribution in [0.4, 0.5) is 11.4 Å². The first kappa shape index (κ1) is 21.8. The number of carbonyl (C=O) groups is 1. The van der Waals surface area contributed by atoms with E-state index in [0.29, 0.717) is 12.3 Å². The molecule has 0 unspecified atom stereocenters. The minimum atomic E-state index is -3.79. The van der Waals surface area contributed by atoms with E-state index in [-0.39, 0.29) is 21.2 Å². The van der Waals surface area contributed by atoms with Gasteiger partial charge in [0.05, 0.1) is 22.1 Å².